The van der Waals surface area contributed by atoms with E-state index in [-0.39, 0.29) is 12.1 Å². The van der Waals surface area contributed by atoms with Crippen LogP contribution in [0.4, 0.5) is 0 Å². The van der Waals surface area contributed by atoms with Crippen LogP contribution in [0.3, 0.4) is 0 Å². The number of ether oxygens (including phenoxy) is 2. The van der Waals surface area contributed by atoms with Gasteiger partial charge in [-0.15, -0.1) is 0 Å². The van der Waals surface area contributed by atoms with Crippen molar-refractivity contribution in [2.75, 3.05) is 13.7 Å². The topological polar surface area (TPSA) is 35.5 Å². The van der Waals surface area contributed by atoms with Crippen LogP contribution in [0.15, 0.2) is 18.2 Å². The van der Waals surface area contributed by atoms with E-state index in [0.717, 1.165) is 18.6 Å². The molecule has 0 N–H and O–H groups in total. The maximum atomic E-state index is 11.3. The van der Waals surface area contributed by atoms with Gasteiger partial charge in [0.1, 0.15) is 0 Å². The molecule has 0 saturated carbocycles. The fourth-order valence-corrected chi connectivity index (χ4v) is 2.22. The Morgan fingerprint density at radius 1 is 1.56 bits per heavy atom. The Kier molecular flexibility index (Phi) is 3.25. The largest absolute Gasteiger partial charge is 0.469 e. The normalized spacial score (nSPS) is 19.0. The van der Waals surface area contributed by atoms with Crippen LogP contribution in [0, 0.1) is 0 Å². The molecule has 0 unspecified atom stereocenters. The molecular formula is C13H16O3. The molecule has 0 spiro atoms. The Hall–Kier alpha value is -1.35. The molecule has 1 aromatic carbocycles. The van der Waals surface area contributed by atoms with Gasteiger partial charge < -0.3 is 9.47 Å². The van der Waals surface area contributed by atoms with Crippen LogP contribution in [-0.4, -0.2) is 19.7 Å². The molecule has 0 radical (unpaired) electrons. The maximum Gasteiger partial charge on any atom is 0.309 e. The zero-order valence-electron chi connectivity index (χ0n) is 9.66. The molecule has 0 amide bonds. The third kappa shape index (κ3) is 2.09. The Morgan fingerprint density at radius 2 is 2.38 bits per heavy atom. The summed E-state index contributed by atoms with van der Waals surface area (Å²) in [5.41, 5.74) is 3.48. The molecule has 0 aliphatic carbocycles. The lowest BCUT2D eigenvalue weighted by Gasteiger charge is -2.25. The molecule has 1 aliphatic heterocycles. The summed E-state index contributed by atoms with van der Waals surface area (Å²) in [6.45, 7) is 2.79. The average molecular weight is 220 g/mol. The van der Waals surface area contributed by atoms with Crippen LogP contribution >= 0.6 is 0 Å². The number of fused-ring (bicyclic) bond motifs is 1. The molecule has 1 aliphatic rings. The molecular weight excluding hydrogens is 204 g/mol. The highest BCUT2D eigenvalue weighted by Crippen LogP contribution is 2.30. The third-order valence-corrected chi connectivity index (χ3v) is 2.99. The van der Waals surface area contributed by atoms with E-state index in [9.17, 15) is 4.79 Å². The van der Waals surface area contributed by atoms with Crippen LogP contribution in [0.1, 0.15) is 29.7 Å². The third-order valence-electron chi connectivity index (χ3n) is 2.99. The van der Waals surface area contributed by atoms with E-state index in [4.69, 9.17) is 9.47 Å². The lowest BCUT2D eigenvalue weighted by Crippen LogP contribution is -2.17. The number of carbonyl (C=O) groups is 1. The van der Waals surface area contributed by atoms with Crippen molar-refractivity contribution in [3.8, 4) is 0 Å². The van der Waals surface area contributed by atoms with E-state index < -0.39 is 0 Å². The molecule has 1 heterocycles. The van der Waals surface area contributed by atoms with Crippen molar-refractivity contribution in [3.05, 3.63) is 34.9 Å². The van der Waals surface area contributed by atoms with Crippen molar-refractivity contribution in [2.45, 2.75) is 25.9 Å². The number of hydrogen-bond acceptors (Lipinski definition) is 3. The first-order valence-electron chi connectivity index (χ1n) is 5.51. The predicted molar refractivity (Wildman–Crippen MR) is 60.2 cm³/mol. The molecule has 0 bridgehead atoms. The molecule has 0 aromatic heterocycles. The Bertz CT molecular complexity index is 398. The quantitative estimate of drug-likeness (QED) is 0.715. The molecule has 2 rings (SSSR count). The van der Waals surface area contributed by atoms with Gasteiger partial charge in [-0.05, 0) is 30.0 Å². The molecule has 3 nitrogen and oxygen atoms in total. The van der Waals surface area contributed by atoms with Gasteiger partial charge in [0.2, 0.25) is 0 Å². The summed E-state index contributed by atoms with van der Waals surface area (Å²) in [6.07, 6.45) is 1.33. The second kappa shape index (κ2) is 4.66. The predicted octanol–water partition coefficient (Wildman–Crippen LogP) is 2.04. The second-order valence-electron chi connectivity index (χ2n) is 4.01. The lowest BCUT2D eigenvalue weighted by molar-refractivity contribution is -0.139. The Labute approximate surface area is 95.4 Å². The van der Waals surface area contributed by atoms with Crippen LogP contribution < -0.4 is 0 Å². The van der Waals surface area contributed by atoms with Gasteiger partial charge in [-0.2, -0.15) is 0 Å². The number of esters is 1. The number of methoxy groups -OCH3 is 1. The minimum Gasteiger partial charge on any atom is -0.469 e. The van der Waals surface area contributed by atoms with Crippen LogP contribution in [0.5, 0.6) is 0 Å². The number of carbonyl (C=O) groups excluding carboxylic acids is 1. The minimum absolute atomic E-state index is 0.0737. The van der Waals surface area contributed by atoms with Gasteiger partial charge in [-0.1, -0.05) is 18.2 Å². The smallest absolute Gasteiger partial charge is 0.309 e. The molecule has 1 atom stereocenters. The van der Waals surface area contributed by atoms with E-state index in [2.05, 4.69) is 6.07 Å². The van der Waals surface area contributed by atoms with Gasteiger partial charge in [-0.25, -0.2) is 0 Å². The van der Waals surface area contributed by atoms with Gasteiger partial charge in [0.15, 0.2) is 0 Å². The number of benzene rings is 1. The first kappa shape index (κ1) is 11.1. The molecule has 1 aromatic rings. The minimum atomic E-state index is -0.203. The number of hydrogen-bond donors (Lipinski definition) is 0. The van der Waals surface area contributed by atoms with Crippen molar-refractivity contribution in [2.24, 2.45) is 0 Å². The highest BCUT2D eigenvalue weighted by Gasteiger charge is 2.21. The van der Waals surface area contributed by atoms with Crippen molar-refractivity contribution in [1.82, 2.24) is 0 Å². The van der Waals surface area contributed by atoms with Gasteiger partial charge in [0.05, 0.1) is 26.2 Å². The zero-order valence-corrected chi connectivity index (χ0v) is 9.66. The summed E-state index contributed by atoms with van der Waals surface area (Å²) in [4.78, 5) is 11.3. The first-order chi connectivity index (χ1) is 7.72. The SMILES string of the molecule is COC(=O)Cc1cccc2c1[C@H](C)OCC2. The van der Waals surface area contributed by atoms with Crippen molar-refractivity contribution < 1.29 is 14.3 Å². The van der Waals surface area contributed by atoms with Crippen molar-refractivity contribution in [1.29, 1.82) is 0 Å². The highest BCUT2D eigenvalue weighted by atomic mass is 16.5. The lowest BCUT2D eigenvalue weighted by atomic mass is 9.92. The number of rotatable bonds is 2. The van der Waals surface area contributed by atoms with Crippen LogP contribution in [-0.2, 0) is 27.1 Å². The van der Waals surface area contributed by atoms with Crippen LogP contribution in [0.25, 0.3) is 0 Å². The van der Waals surface area contributed by atoms with E-state index in [0.29, 0.717) is 6.42 Å². The van der Waals surface area contributed by atoms with Crippen molar-refractivity contribution >= 4 is 5.97 Å². The summed E-state index contributed by atoms with van der Waals surface area (Å²) in [6, 6.07) is 6.07. The molecule has 86 valence electrons. The van der Waals surface area contributed by atoms with E-state index in [1.54, 1.807) is 0 Å². The maximum absolute atomic E-state index is 11.3. The highest BCUT2D eigenvalue weighted by molar-refractivity contribution is 5.73. The molecule has 16 heavy (non-hydrogen) atoms. The second-order valence-corrected chi connectivity index (χ2v) is 4.01. The van der Waals surface area contributed by atoms with Gasteiger partial charge in [0.25, 0.3) is 0 Å². The zero-order chi connectivity index (χ0) is 11.5. The summed E-state index contributed by atoms with van der Waals surface area (Å²) in [7, 11) is 1.41. The van der Waals surface area contributed by atoms with Crippen molar-refractivity contribution in [3.63, 3.8) is 0 Å². The monoisotopic (exact) mass is 220 g/mol. The standard InChI is InChI=1S/C13H16O3/c1-9-13-10(6-7-16-9)4-3-5-11(13)8-12(14)15-2/h3-5,9H,6-8H2,1-2H3/t9-/m0/s1. The van der Waals surface area contributed by atoms with E-state index in [1.807, 2.05) is 19.1 Å². The molecule has 0 saturated heterocycles. The average Bonchev–Trinajstić information content (AvgIpc) is 2.29. The fourth-order valence-electron chi connectivity index (χ4n) is 2.22. The summed E-state index contributed by atoms with van der Waals surface area (Å²) >= 11 is 0. The summed E-state index contributed by atoms with van der Waals surface area (Å²) < 4.78 is 10.3. The molecule has 0 fully saturated rings. The first-order valence-corrected chi connectivity index (χ1v) is 5.51. The van der Waals surface area contributed by atoms with E-state index >= 15 is 0 Å². The van der Waals surface area contributed by atoms with Gasteiger partial charge >= 0.3 is 5.97 Å². The fraction of sp³-hybridized carbons (Fsp3) is 0.462. The summed E-state index contributed by atoms with van der Waals surface area (Å²) in [5, 5.41) is 0. The summed E-state index contributed by atoms with van der Waals surface area (Å²) in [5.74, 6) is -0.203. The van der Waals surface area contributed by atoms with Gasteiger partial charge in [0, 0.05) is 0 Å². The van der Waals surface area contributed by atoms with Gasteiger partial charge in [-0.3, -0.25) is 4.79 Å². The Morgan fingerprint density at radius 3 is 3.12 bits per heavy atom. The van der Waals surface area contributed by atoms with Crippen LogP contribution in [0.2, 0.25) is 0 Å². The van der Waals surface area contributed by atoms with E-state index in [1.165, 1.54) is 18.2 Å². The molecule has 3 heteroatoms. The Balaban J connectivity index is 2.34.